The van der Waals surface area contributed by atoms with Crippen molar-refractivity contribution in [1.29, 1.82) is 0 Å². The highest BCUT2D eigenvalue weighted by molar-refractivity contribution is 7.90. The minimum Gasteiger partial charge on any atom is -0.378 e. The monoisotopic (exact) mass is 512 g/mol. The van der Waals surface area contributed by atoms with Crippen LogP contribution in [0.2, 0.25) is 0 Å². The van der Waals surface area contributed by atoms with Gasteiger partial charge in [-0.15, -0.1) is 0 Å². The van der Waals surface area contributed by atoms with E-state index in [9.17, 15) is 32.3 Å². The van der Waals surface area contributed by atoms with Gasteiger partial charge in [-0.25, -0.2) is 17.5 Å². The Morgan fingerprint density at radius 3 is 2.44 bits per heavy atom. The van der Waals surface area contributed by atoms with E-state index in [0.717, 1.165) is 12.1 Å². The first-order chi connectivity index (χ1) is 16.0. The fourth-order valence-corrected chi connectivity index (χ4v) is 6.16. The zero-order chi connectivity index (χ0) is 24.9. The lowest BCUT2D eigenvalue weighted by Gasteiger charge is -2.35. The topological polar surface area (TPSA) is 139 Å². The van der Waals surface area contributed by atoms with Gasteiger partial charge in [0.15, 0.2) is 0 Å². The molecule has 0 bridgehead atoms. The minimum atomic E-state index is -4.37. The summed E-state index contributed by atoms with van der Waals surface area (Å²) in [4.78, 5) is 24.5. The molecule has 1 amide bonds. The third kappa shape index (κ3) is 6.40. The van der Waals surface area contributed by atoms with Crippen molar-refractivity contribution in [2.75, 3.05) is 50.6 Å². The number of nitro groups is 1. The van der Waals surface area contributed by atoms with Crippen LogP contribution in [0.1, 0.15) is 10.4 Å². The van der Waals surface area contributed by atoms with Crippen LogP contribution in [0.3, 0.4) is 0 Å². The van der Waals surface area contributed by atoms with E-state index >= 15 is 0 Å². The predicted molar refractivity (Wildman–Crippen MR) is 127 cm³/mol. The molecule has 1 atom stereocenters. The number of amides is 1. The molecule has 2 aromatic rings. The Morgan fingerprint density at radius 2 is 1.85 bits per heavy atom. The first-order valence-corrected chi connectivity index (χ1v) is 14.5. The third-order valence-electron chi connectivity index (χ3n) is 5.68. The number of carbonyl (C=O) groups is 1. The van der Waals surface area contributed by atoms with Gasteiger partial charge < -0.3 is 9.88 Å². The fraction of sp³-hybridized carbons (Fsp3) is 0.381. The lowest BCUT2D eigenvalue weighted by molar-refractivity contribution is -0.384. The number of rotatable bonds is 9. The number of nitrogens with zero attached hydrogens (tertiary/aromatic N) is 2. The Morgan fingerprint density at radius 1 is 1.21 bits per heavy atom. The summed E-state index contributed by atoms with van der Waals surface area (Å²) in [6.07, 6.45) is 0.982. The van der Waals surface area contributed by atoms with Crippen molar-refractivity contribution in [2.45, 2.75) is 10.9 Å². The lowest BCUT2D eigenvalue weighted by Crippen LogP contribution is -2.46. The number of carbonyl (C=O) groups excluding carboxylic acids is 1. The van der Waals surface area contributed by atoms with E-state index in [1.54, 1.807) is 24.9 Å². The van der Waals surface area contributed by atoms with Crippen molar-refractivity contribution >= 4 is 34.4 Å². The second-order valence-corrected chi connectivity index (χ2v) is 13.4. The van der Waals surface area contributed by atoms with Gasteiger partial charge in [0.05, 0.1) is 23.0 Å². The average Bonchev–Trinajstić information content (AvgIpc) is 2.80. The van der Waals surface area contributed by atoms with Gasteiger partial charge in [0.2, 0.25) is 0 Å². The SMILES string of the molecule is CP1(=O)CCN(C(CF)CNc2ccc(S(=O)(=O)NC(=O)c3ccccc3)cc2[N+](=O)[O-])CC1. The van der Waals surface area contributed by atoms with Crippen LogP contribution in [0.25, 0.3) is 0 Å². The van der Waals surface area contributed by atoms with Gasteiger partial charge in [-0.2, -0.15) is 0 Å². The standard InChI is InChI=1S/C21H26FN4O6PS/c1-33(30)11-9-25(10-12-33)17(14-22)15-23-19-8-7-18(13-20(19)26(28)29)34(31,32)24-21(27)16-5-3-2-4-6-16/h2-8,13,17,23H,9-12,14-15H2,1H3,(H,24,27). The number of sulfonamides is 1. The average molecular weight is 513 g/mol. The molecule has 1 saturated heterocycles. The molecule has 1 aliphatic heterocycles. The molecule has 0 aromatic heterocycles. The van der Waals surface area contributed by atoms with E-state index in [4.69, 9.17) is 0 Å². The quantitative estimate of drug-likeness (QED) is 0.297. The summed E-state index contributed by atoms with van der Waals surface area (Å²) in [5, 5.41) is 14.4. The van der Waals surface area contributed by atoms with Crippen LogP contribution < -0.4 is 10.0 Å². The van der Waals surface area contributed by atoms with E-state index in [-0.39, 0.29) is 17.8 Å². The fourth-order valence-electron chi connectivity index (χ4n) is 3.59. The molecule has 0 spiro atoms. The van der Waals surface area contributed by atoms with Crippen LogP contribution in [0, 0.1) is 10.1 Å². The van der Waals surface area contributed by atoms with Crippen molar-refractivity contribution in [1.82, 2.24) is 9.62 Å². The highest BCUT2D eigenvalue weighted by atomic mass is 32.2. The zero-order valence-corrected chi connectivity index (χ0v) is 20.2. The molecular formula is C21H26FN4O6PS. The Bertz CT molecular complexity index is 1200. The molecule has 1 fully saturated rings. The second kappa shape index (κ2) is 10.6. The number of alkyl halides is 1. The highest BCUT2D eigenvalue weighted by Crippen LogP contribution is 2.43. The summed E-state index contributed by atoms with van der Waals surface area (Å²) in [5.74, 6) is -0.866. The summed E-state index contributed by atoms with van der Waals surface area (Å²) in [6.45, 7) is 2.03. The summed E-state index contributed by atoms with van der Waals surface area (Å²) >= 11 is 0. The molecule has 1 unspecified atom stereocenters. The van der Waals surface area contributed by atoms with Crippen LogP contribution in [0.15, 0.2) is 53.4 Å². The Kier molecular flexibility index (Phi) is 8.06. The van der Waals surface area contributed by atoms with Crippen molar-refractivity contribution < 1.29 is 27.1 Å². The molecule has 3 rings (SSSR count). The van der Waals surface area contributed by atoms with Crippen LogP contribution in [-0.4, -0.2) is 75.5 Å². The lowest BCUT2D eigenvalue weighted by atomic mass is 10.2. The smallest absolute Gasteiger partial charge is 0.293 e. The number of hydrogen-bond donors (Lipinski definition) is 2. The molecule has 34 heavy (non-hydrogen) atoms. The van der Waals surface area contributed by atoms with Gasteiger partial charge >= 0.3 is 0 Å². The maximum atomic E-state index is 13.7. The zero-order valence-electron chi connectivity index (χ0n) is 18.5. The minimum absolute atomic E-state index is 0.0231. The van der Waals surface area contributed by atoms with Gasteiger partial charge in [-0.1, -0.05) is 18.2 Å². The van der Waals surface area contributed by atoms with E-state index in [1.165, 1.54) is 18.2 Å². The number of hydrogen-bond acceptors (Lipinski definition) is 8. The van der Waals surface area contributed by atoms with Crippen LogP contribution in [-0.2, 0) is 14.6 Å². The molecule has 184 valence electrons. The van der Waals surface area contributed by atoms with E-state index in [0.29, 0.717) is 25.4 Å². The Labute approximate surface area is 197 Å². The number of nitrogens with one attached hydrogen (secondary N) is 2. The first-order valence-electron chi connectivity index (χ1n) is 10.5. The maximum Gasteiger partial charge on any atom is 0.293 e. The Balaban J connectivity index is 1.74. The molecular weight excluding hydrogens is 486 g/mol. The molecule has 0 saturated carbocycles. The molecule has 13 heteroatoms. The number of anilines is 1. The molecule has 1 heterocycles. The van der Waals surface area contributed by atoms with Gasteiger partial charge in [0.25, 0.3) is 21.6 Å². The molecule has 0 aliphatic carbocycles. The summed E-state index contributed by atoms with van der Waals surface area (Å²) in [7, 11) is -6.56. The third-order valence-corrected chi connectivity index (χ3v) is 9.30. The molecule has 10 nitrogen and oxygen atoms in total. The number of benzene rings is 2. The molecule has 0 radical (unpaired) electrons. The van der Waals surface area contributed by atoms with Gasteiger partial charge in [-0.3, -0.25) is 19.8 Å². The Hall–Kier alpha value is -2.82. The van der Waals surface area contributed by atoms with Crippen molar-refractivity contribution in [2.24, 2.45) is 0 Å². The van der Waals surface area contributed by atoms with Gasteiger partial charge in [0, 0.05) is 43.6 Å². The van der Waals surface area contributed by atoms with Crippen molar-refractivity contribution in [3.8, 4) is 0 Å². The largest absolute Gasteiger partial charge is 0.378 e. The summed E-state index contributed by atoms with van der Waals surface area (Å²) < 4.78 is 53.0. The first kappa shape index (κ1) is 25.8. The summed E-state index contributed by atoms with van der Waals surface area (Å²) in [6, 6.07) is 10.3. The van der Waals surface area contributed by atoms with Gasteiger partial charge in [-0.05, 0) is 30.9 Å². The summed E-state index contributed by atoms with van der Waals surface area (Å²) in [5.41, 5.74) is -0.382. The predicted octanol–water partition coefficient (Wildman–Crippen LogP) is 2.77. The van der Waals surface area contributed by atoms with E-state index in [2.05, 4.69) is 5.32 Å². The van der Waals surface area contributed by atoms with Crippen molar-refractivity contribution in [3.05, 3.63) is 64.2 Å². The second-order valence-electron chi connectivity index (χ2n) is 8.21. The van der Waals surface area contributed by atoms with Crippen molar-refractivity contribution in [3.63, 3.8) is 0 Å². The maximum absolute atomic E-state index is 13.7. The molecule has 2 aromatic carbocycles. The highest BCUT2D eigenvalue weighted by Gasteiger charge is 2.29. The van der Waals surface area contributed by atoms with E-state index < -0.39 is 51.3 Å². The molecule has 1 aliphatic rings. The van der Waals surface area contributed by atoms with Gasteiger partial charge in [0.1, 0.15) is 12.4 Å². The normalized spacial score (nSPS) is 17.0. The number of nitro benzene ring substituents is 1. The van der Waals surface area contributed by atoms with Crippen LogP contribution in [0.5, 0.6) is 0 Å². The van der Waals surface area contributed by atoms with Crippen LogP contribution in [0.4, 0.5) is 15.8 Å². The number of halogens is 1. The van der Waals surface area contributed by atoms with Crippen LogP contribution >= 0.6 is 7.14 Å². The molecule has 2 N–H and O–H groups in total. The van der Waals surface area contributed by atoms with E-state index in [1.807, 2.05) is 9.62 Å².